The molecule has 8 nitrogen and oxygen atoms in total. The van der Waals surface area contributed by atoms with E-state index in [1.807, 2.05) is 6.07 Å². The van der Waals surface area contributed by atoms with Gasteiger partial charge in [0.1, 0.15) is 11.5 Å². The molecule has 4 aliphatic rings. The normalized spacial score (nSPS) is 23.7. The molecule has 4 saturated carbocycles. The van der Waals surface area contributed by atoms with Gasteiger partial charge in [-0.15, -0.1) is 0 Å². The highest BCUT2D eigenvalue weighted by Gasteiger charge is 2.49. The third kappa shape index (κ3) is 5.49. The van der Waals surface area contributed by atoms with Crippen molar-refractivity contribution in [3.63, 3.8) is 0 Å². The lowest BCUT2D eigenvalue weighted by atomic mass is 9.59. The smallest absolute Gasteiger partial charge is 0.341 e. The minimum Gasteiger partial charge on any atom is -0.479 e. The number of carboxylic acids is 1. The van der Waals surface area contributed by atoms with Gasteiger partial charge in [-0.1, -0.05) is 40.2 Å². The summed E-state index contributed by atoms with van der Waals surface area (Å²) in [5.41, 5.74) is 2.73. The number of nitrogens with zero attached hydrogens (tertiary/aromatic N) is 3. The van der Waals surface area contributed by atoms with Crippen LogP contribution in [0.4, 0.5) is 0 Å². The number of carboxylic acid groups (broad SMARTS) is 1. The van der Waals surface area contributed by atoms with Crippen molar-refractivity contribution in [1.82, 2.24) is 15.1 Å². The average Bonchev–Trinajstić information content (AvgIpc) is 3.71. The van der Waals surface area contributed by atoms with Gasteiger partial charge < -0.3 is 19.1 Å². The number of ether oxygens (including phenoxy) is 2. The Morgan fingerprint density at radius 1 is 1.13 bits per heavy atom. The van der Waals surface area contributed by atoms with E-state index < -0.39 is 12.6 Å². The zero-order chi connectivity index (χ0) is 27.0. The molecule has 1 N–H and O–H groups in total. The summed E-state index contributed by atoms with van der Waals surface area (Å²) in [6.45, 7) is -0.0362. The maximum absolute atomic E-state index is 10.8. The second-order valence-corrected chi connectivity index (χ2v) is 11.5. The molecular weight excluding hydrogens is 541 g/mol. The number of aliphatic carboxylic acids is 1. The number of aromatic nitrogens is 3. The van der Waals surface area contributed by atoms with Gasteiger partial charge in [0.2, 0.25) is 5.88 Å². The van der Waals surface area contributed by atoms with Gasteiger partial charge in [-0.3, -0.25) is 4.98 Å². The molecule has 0 aliphatic heterocycles. The highest BCUT2D eigenvalue weighted by molar-refractivity contribution is 6.38. The van der Waals surface area contributed by atoms with Crippen molar-refractivity contribution in [2.24, 2.45) is 5.41 Å². The molecule has 39 heavy (non-hydrogen) atoms. The molecule has 7 rings (SSSR count). The van der Waals surface area contributed by atoms with Gasteiger partial charge in [-0.05, 0) is 57.4 Å². The van der Waals surface area contributed by atoms with E-state index in [0.29, 0.717) is 33.8 Å². The van der Waals surface area contributed by atoms with Crippen LogP contribution in [-0.4, -0.2) is 38.4 Å². The van der Waals surface area contributed by atoms with Crippen LogP contribution in [0.15, 0.2) is 35.2 Å². The molecule has 0 amide bonds. The molecule has 0 atom stereocenters. The molecule has 4 aliphatic carbocycles. The molecule has 0 spiro atoms. The van der Waals surface area contributed by atoms with Crippen LogP contribution >= 0.6 is 23.2 Å². The first-order valence-electron chi connectivity index (χ1n) is 13.1. The van der Waals surface area contributed by atoms with Crippen molar-refractivity contribution in [3.8, 4) is 29.0 Å². The third-order valence-electron chi connectivity index (χ3n) is 8.11. The van der Waals surface area contributed by atoms with Crippen molar-refractivity contribution in [1.29, 1.82) is 0 Å². The van der Waals surface area contributed by atoms with Crippen LogP contribution in [0, 0.1) is 17.3 Å². The van der Waals surface area contributed by atoms with E-state index in [9.17, 15) is 4.79 Å². The van der Waals surface area contributed by atoms with Gasteiger partial charge in [-0.25, -0.2) is 9.78 Å². The molecule has 0 aromatic carbocycles. The van der Waals surface area contributed by atoms with E-state index in [0.717, 1.165) is 68.3 Å². The zero-order valence-corrected chi connectivity index (χ0v) is 22.7. The Kier molecular flexibility index (Phi) is 7.00. The van der Waals surface area contributed by atoms with Crippen LogP contribution in [0.1, 0.15) is 74.2 Å². The Morgan fingerprint density at radius 2 is 1.85 bits per heavy atom. The average molecular weight is 568 g/mol. The summed E-state index contributed by atoms with van der Waals surface area (Å²) in [5.74, 6) is 7.26. The van der Waals surface area contributed by atoms with Crippen molar-refractivity contribution in [2.45, 2.75) is 69.5 Å². The van der Waals surface area contributed by atoms with Gasteiger partial charge in [0.15, 0.2) is 6.61 Å². The highest BCUT2D eigenvalue weighted by Crippen LogP contribution is 2.54. The van der Waals surface area contributed by atoms with E-state index in [1.54, 1.807) is 24.7 Å². The van der Waals surface area contributed by atoms with E-state index >= 15 is 0 Å². The van der Waals surface area contributed by atoms with E-state index in [4.69, 9.17) is 42.3 Å². The largest absolute Gasteiger partial charge is 0.479 e. The van der Waals surface area contributed by atoms with E-state index in [-0.39, 0.29) is 16.9 Å². The zero-order valence-electron chi connectivity index (χ0n) is 21.2. The lowest BCUT2D eigenvalue weighted by Crippen LogP contribution is -2.47. The second-order valence-electron chi connectivity index (χ2n) is 10.7. The van der Waals surface area contributed by atoms with Crippen molar-refractivity contribution in [3.05, 3.63) is 57.7 Å². The Hall–Kier alpha value is -3.12. The monoisotopic (exact) mass is 567 g/mol. The van der Waals surface area contributed by atoms with Crippen LogP contribution in [0.5, 0.6) is 5.88 Å². The third-order valence-corrected chi connectivity index (χ3v) is 8.68. The van der Waals surface area contributed by atoms with Crippen LogP contribution in [0.3, 0.4) is 0 Å². The quantitative estimate of drug-likeness (QED) is 0.310. The summed E-state index contributed by atoms with van der Waals surface area (Å²) in [7, 11) is 0. The molecule has 3 aromatic rings. The number of rotatable bonds is 8. The lowest BCUT2D eigenvalue weighted by molar-refractivity contribution is -0.139. The Balaban J connectivity index is 1.15. The van der Waals surface area contributed by atoms with Crippen LogP contribution in [0.25, 0.3) is 11.3 Å². The summed E-state index contributed by atoms with van der Waals surface area (Å²) in [5, 5.41) is 14.1. The molecular formula is C29H27Cl2N3O5. The first-order chi connectivity index (χ1) is 18.9. The molecule has 4 fully saturated rings. The topological polar surface area (TPSA) is 108 Å². The predicted molar refractivity (Wildman–Crippen MR) is 144 cm³/mol. The van der Waals surface area contributed by atoms with Crippen LogP contribution in [-0.2, 0) is 16.1 Å². The maximum Gasteiger partial charge on any atom is 0.341 e. The van der Waals surface area contributed by atoms with Crippen LogP contribution in [0.2, 0.25) is 10.0 Å². The van der Waals surface area contributed by atoms with E-state index in [2.05, 4.69) is 27.0 Å². The lowest BCUT2D eigenvalue weighted by Gasteiger charge is -2.51. The van der Waals surface area contributed by atoms with Crippen LogP contribution < -0.4 is 4.74 Å². The van der Waals surface area contributed by atoms with Gasteiger partial charge in [0.25, 0.3) is 0 Å². The Bertz CT molecular complexity index is 1430. The standard InChI is InChI=1S/C29H27Cl2N3O5/c30-21-14-32-15-22(31)25(21)26-20(27(39-34-26)19-1-2-19)16-38-29-9-6-28(7-10-29,8-11-29)5-3-18-4-12-33-23(13-18)37-17-24(35)36/h4,12-15,19H,1-2,6-11,16-17H2,(H,35,36). The summed E-state index contributed by atoms with van der Waals surface area (Å²) in [6, 6.07) is 3.49. The number of pyridine rings is 2. The van der Waals surface area contributed by atoms with Gasteiger partial charge >= 0.3 is 5.97 Å². The van der Waals surface area contributed by atoms with Gasteiger partial charge in [0.05, 0.1) is 22.3 Å². The number of halogens is 2. The summed E-state index contributed by atoms with van der Waals surface area (Å²) in [4.78, 5) is 18.9. The first-order valence-corrected chi connectivity index (χ1v) is 13.9. The molecule has 3 aromatic heterocycles. The molecule has 3 heterocycles. The summed E-state index contributed by atoms with van der Waals surface area (Å²) < 4.78 is 17.7. The molecule has 10 heteroatoms. The molecule has 0 unspecified atom stereocenters. The SMILES string of the molecule is O=C(O)COc1cc(C#CC23CCC(OCc4c(-c5c(Cl)cncc5Cl)noc4C4CC4)(CC2)CC3)ccn1. The number of fused-ring (bicyclic) bond motifs is 3. The van der Waals surface area contributed by atoms with Gasteiger partial charge in [-0.2, -0.15) is 0 Å². The molecule has 202 valence electrons. The molecule has 0 saturated heterocycles. The van der Waals surface area contributed by atoms with Crippen molar-refractivity contribution >= 4 is 29.2 Å². The van der Waals surface area contributed by atoms with Crippen molar-refractivity contribution in [2.75, 3.05) is 6.61 Å². The minimum absolute atomic E-state index is 0.0456. The van der Waals surface area contributed by atoms with Gasteiger partial charge in [0, 0.05) is 52.7 Å². The summed E-state index contributed by atoms with van der Waals surface area (Å²) >= 11 is 12.9. The fourth-order valence-corrected chi connectivity index (χ4v) is 6.19. The number of hydrogen-bond acceptors (Lipinski definition) is 7. The fraction of sp³-hybridized carbons (Fsp3) is 0.448. The number of carbonyl (C=O) groups is 1. The molecule has 0 radical (unpaired) electrons. The number of hydrogen-bond donors (Lipinski definition) is 1. The second kappa shape index (κ2) is 10.5. The van der Waals surface area contributed by atoms with Crippen molar-refractivity contribution < 1.29 is 23.9 Å². The first kappa shape index (κ1) is 26.1. The predicted octanol–water partition coefficient (Wildman–Crippen LogP) is 6.44. The minimum atomic E-state index is -1.05. The Labute approximate surface area is 236 Å². The highest BCUT2D eigenvalue weighted by atomic mass is 35.5. The fourth-order valence-electron chi connectivity index (χ4n) is 5.65. The Morgan fingerprint density at radius 3 is 2.51 bits per heavy atom. The molecule has 2 bridgehead atoms. The van der Waals surface area contributed by atoms with E-state index in [1.165, 1.54) is 0 Å². The summed E-state index contributed by atoms with van der Waals surface area (Å²) in [6.07, 6.45) is 12.5. The maximum atomic E-state index is 10.8.